The molecule has 0 aromatic heterocycles. The van der Waals surface area contributed by atoms with Gasteiger partial charge in [-0.2, -0.15) is 0 Å². The summed E-state index contributed by atoms with van der Waals surface area (Å²) in [6.45, 7) is 2.85. The molecule has 0 rings (SSSR count). The highest BCUT2D eigenvalue weighted by molar-refractivity contribution is 5.93. The monoisotopic (exact) mass is 202 g/mol. The van der Waals surface area contributed by atoms with E-state index in [-0.39, 0.29) is 24.0 Å². The van der Waals surface area contributed by atoms with Gasteiger partial charge >= 0.3 is 0 Å². The lowest BCUT2D eigenvalue weighted by atomic mass is 10.3. The van der Waals surface area contributed by atoms with Crippen molar-refractivity contribution in [3.63, 3.8) is 0 Å². The SMILES string of the molecule is CCNC(C(=O)NCCCO)=C(N)N. The molecular weight excluding hydrogens is 184 g/mol. The average Bonchev–Trinajstić information content (AvgIpc) is 2.13. The van der Waals surface area contributed by atoms with Crippen LogP contribution in [-0.2, 0) is 4.79 Å². The summed E-state index contributed by atoms with van der Waals surface area (Å²) in [6, 6.07) is 0. The Hall–Kier alpha value is -1.43. The summed E-state index contributed by atoms with van der Waals surface area (Å²) < 4.78 is 0. The van der Waals surface area contributed by atoms with Gasteiger partial charge in [-0.3, -0.25) is 4.79 Å². The fourth-order valence-corrected chi connectivity index (χ4v) is 0.860. The Balaban J connectivity index is 4.11. The first-order chi connectivity index (χ1) is 6.63. The van der Waals surface area contributed by atoms with Crippen molar-refractivity contribution in [1.82, 2.24) is 10.6 Å². The topological polar surface area (TPSA) is 113 Å². The normalized spacial score (nSPS) is 9.29. The number of amides is 1. The molecule has 6 nitrogen and oxygen atoms in total. The molecule has 0 heterocycles. The summed E-state index contributed by atoms with van der Waals surface area (Å²) in [5.74, 6) is -0.381. The molecule has 82 valence electrons. The number of aliphatic hydroxyl groups is 1. The molecule has 0 bridgehead atoms. The van der Waals surface area contributed by atoms with Crippen LogP contribution in [0, 0.1) is 0 Å². The number of nitrogens with two attached hydrogens (primary N) is 2. The van der Waals surface area contributed by atoms with Crippen molar-refractivity contribution < 1.29 is 9.90 Å². The van der Waals surface area contributed by atoms with Crippen LogP contribution in [0.4, 0.5) is 0 Å². The van der Waals surface area contributed by atoms with E-state index >= 15 is 0 Å². The molecule has 0 aromatic carbocycles. The van der Waals surface area contributed by atoms with Gasteiger partial charge in [0.25, 0.3) is 5.91 Å². The highest BCUT2D eigenvalue weighted by Gasteiger charge is 2.10. The second kappa shape index (κ2) is 7.02. The van der Waals surface area contributed by atoms with Gasteiger partial charge in [0.2, 0.25) is 0 Å². The maximum absolute atomic E-state index is 11.4. The third-order valence-electron chi connectivity index (χ3n) is 1.49. The largest absolute Gasteiger partial charge is 0.396 e. The third kappa shape index (κ3) is 4.56. The van der Waals surface area contributed by atoms with Crippen molar-refractivity contribution in [2.75, 3.05) is 19.7 Å². The Labute approximate surface area is 83.3 Å². The number of nitrogens with one attached hydrogen (secondary N) is 2. The molecule has 0 unspecified atom stereocenters. The van der Waals surface area contributed by atoms with Crippen LogP contribution in [0.5, 0.6) is 0 Å². The van der Waals surface area contributed by atoms with Crippen molar-refractivity contribution in [3.05, 3.63) is 11.5 Å². The van der Waals surface area contributed by atoms with E-state index in [0.717, 1.165) is 0 Å². The van der Waals surface area contributed by atoms with Crippen molar-refractivity contribution >= 4 is 5.91 Å². The molecule has 0 aliphatic heterocycles. The molecule has 1 amide bonds. The molecule has 0 spiro atoms. The van der Waals surface area contributed by atoms with Gasteiger partial charge < -0.3 is 27.2 Å². The third-order valence-corrected chi connectivity index (χ3v) is 1.49. The van der Waals surface area contributed by atoms with Gasteiger partial charge in [-0.25, -0.2) is 0 Å². The Morgan fingerprint density at radius 3 is 2.43 bits per heavy atom. The van der Waals surface area contributed by atoms with Crippen LogP contribution in [0.25, 0.3) is 0 Å². The lowest BCUT2D eigenvalue weighted by molar-refractivity contribution is -0.117. The van der Waals surface area contributed by atoms with Crippen molar-refractivity contribution in [2.45, 2.75) is 13.3 Å². The van der Waals surface area contributed by atoms with Gasteiger partial charge in [-0.15, -0.1) is 0 Å². The van der Waals surface area contributed by atoms with Gasteiger partial charge in [0, 0.05) is 19.7 Å². The predicted octanol–water partition coefficient (Wildman–Crippen LogP) is -1.82. The predicted molar refractivity (Wildman–Crippen MR) is 53.8 cm³/mol. The van der Waals surface area contributed by atoms with Gasteiger partial charge in [0.05, 0.1) is 0 Å². The number of carbonyl (C=O) groups excluding carboxylic acids is 1. The Bertz CT molecular complexity index is 211. The smallest absolute Gasteiger partial charge is 0.271 e. The Morgan fingerprint density at radius 2 is 2.00 bits per heavy atom. The second-order valence-electron chi connectivity index (χ2n) is 2.69. The number of hydrogen-bond acceptors (Lipinski definition) is 5. The average molecular weight is 202 g/mol. The summed E-state index contributed by atoms with van der Waals surface area (Å²) in [6.07, 6.45) is 0.510. The standard InChI is InChI=1S/C8H18N4O2/c1-2-11-6(7(9)10)8(14)12-4-3-5-13/h11,13H,2-5,9-10H2,1H3,(H,12,14). The maximum Gasteiger partial charge on any atom is 0.271 e. The van der Waals surface area contributed by atoms with Crippen LogP contribution in [0.3, 0.4) is 0 Å². The van der Waals surface area contributed by atoms with E-state index in [2.05, 4.69) is 10.6 Å². The van der Waals surface area contributed by atoms with Crippen molar-refractivity contribution in [2.24, 2.45) is 11.5 Å². The minimum Gasteiger partial charge on any atom is -0.396 e. The molecule has 14 heavy (non-hydrogen) atoms. The first kappa shape index (κ1) is 12.6. The summed E-state index contributed by atoms with van der Waals surface area (Å²) in [4.78, 5) is 11.4. The fraction of sp³-hybridized carbons (Fsp3) is 0.625. The van der Waals surface area contributed by atoms with Crippen LogP contribution < -0.4 is 22.1 Å². The van der Waals surface area contributed by atoms with Crippen LogP contribution in [0.1, 0.15) is 13.3 Å². The van der Waals surface area contributed by atoms with Crippen molar-refractivity contribution in [1.29, 1.82) is 0 Å². The van der Waals surface area contributed by atoms with E-state index < -0.39 is 0 Å². The number of hydrogen-bond donors (Lipinski definition) is 5. The molecule has 0 fully saturated rings. The Kier molecular flexibility index (Phi) is 6.30. The molecular formula is C8H18N4O2. The minimum absolute atomic E-state index is 0.0339. The first-order valence-electron chi connectivity index (χ1n) is 4.51. The highest BCUT2D eigenvalue weighted by atomic mass is 16.3. The summed E-state index contributed by atoms with van der Waals surface area (Å²) in [5, 5.41) is 13.8. The highest BCUT2D eigenvalue weighted by Crippen LogP contribution is 1.89. The lowest BCUT2D eigenvalue weighted by Crippen LogP contribution is -2.36. The van der Waals surface area contributed by atoms with Gasteiger partial charge in [0.15, 0.2) is 0 Å². The summed E-state index contributed by atoms with van der Waals surface area (Å²) in [5.41, 5.74) is 10.8. The zero-order chi connectivity index (χ0) is 11.0. The number of carbonyl (C=O) groups is 1. The number of rotatable bonds is 6. The molecule has 0 saturated carbocycles. The molecule has 0 aromatic rings. The number of aliphatic hydroxyl groups excluding tert-OH is 1. The zero-order valence-corrected chi connectivity index (χ0v) is 8.34. The quantitative estimate of drug-likeness (QED) is 0.257. The van der Waals surface area contributed by atoms with Gasteiger partial charge in [-0.05, 0) is 13.3 Å². The summed E-state index contributed by atoms with van der Waals surface area (Å²) in [7, 11) is 0. The van der Waals surface area contributed by atoms with Crippen LogP contribution in [0.2, 0.25) is 0 Å². The molecule has 0 aliphatic carbocycles. The Morgan fingerprint density at radius 1 is 1.36 bits per heavy atom. The zero-order valence-electron chi connectivity index (χ0n) is 8.34. The minimum atomic E-state index is -0.347. The van der Waals surface area contributed by atoms with Crippen LogP contribution in [-0.4, -0.2) is 30.7 Å². The summed E-state index contributed by atoms with van der Waals surface area (Å²) >= 11 is 0. The second-order valence-corrected chi connectivity index (χ2v) is 2.69. The van der Waals surface area contributed by atoms with Gasteiger partial charge in [-0.1, -0.05) is 0 Å². The molecule has 0 aliphatic rings. The van der Waals surface area contributed by atoms with E-state index in [4.69, 9.17) is 16.6 Å². The first-order valence-corrected chi connectivity index (χ1v) is 4.51. The van der Waals surface area contributed by atoms with E-state index in [9.17, 15) is 4.79 Å². The van der Waals surface area contributed by atoms with Crippen LogP contribution >= 0.6 is 0 Å². The van der Waals surface area contributed by atoms with E-state index in [1.165, 1.54) is 0 Å². The molecule has 6 heteroatoms. The molecule has 0 radical (unpaired) electrons. The number of likely N-dealkylation sites (N-methyl/N-ethyl adjacent to an activating group) is 1. The maximum atomic E-state index is 11.4. The molecule has 0 atom stereocenters. The van der Waals surface area contributed by atoms with Crippen LogP contribution in [0.15, 0.2) is 11.5 Å². The van der Waals surface area contributed by atoms with E-state index in [0.29, 0.717) is 19.5 Å². The molecule has 0 saturated heterocycles. The van der Waals surface area contributed by atoms with E-state index in [1.807, 2.05) is 6.92 Å². The van der Waals surface area contributed by atoms with E-state index in [1.54, 1.807) is 0 Å². The van der Waals surface area contributed by atoms with Crippen molar-refractivity contribution in [3.8, 4) is 0 Å². The fourth-order valence-electron chi connectivity index (χ4n) is 0.860. The van der Waals surface area contributed by atoms with Gasteiger partial charge in [0.1, 0.15) is 11.5 Å². The molecule has 7 N–H and O–H groups in total. The lowest BCUT2D eigenvalue weighted by Gasteiger charge is -2.10.